The van der Waals surface area contributed by atoms with Crippen molar-refractivity contribution >= 4 is 5.95 Å². The van der Waals surface area contributed by atoms with E-state index in [1.807, 2.05) is 18.5 Å². The zero-order valence-corrected chi connectivity index (χ0v) is 12.4. The third kappa shape index (κ3) is 3.05. The van der Waals surface area contributed by atoms with Gasteiger partial charge in [-0.1, -0.05) is 6.42 Å². The molecule has 1 aliphatic rings. The number of hydrogen-bond donors (Lipinski definition) is 1. The Morgan fingerprint density at radius 1 is 1.29 bits per heavy atom. The number of imidazole rings is 1. The lowest BCUT2D eigenvalue weighted by atomic mass is 9.99. The molecule has 3 heterocycles. The molecule has 1 fully saturated rings. The van der Waals surface area contributed by atoms with Crippen molar-refractivity contribution in [3.05, 3.63) is 36.2 Å². The Labute approximate surface area is 125 Å². The Morgan fingerprint density at radius 3 is 3.00 bits per heavy atom. The van der Waals surface area contributed by atoms with Crippen LogP contribution < -0.4 is 5.73 Å². The van der Waals surface area contributed by atoms with Gasteiger partial charge in [-0.3, -0.25) is 4.90 Å². The molecule has 2 aromatic rings. The van der Waals surface area contributed by atoms with Gasteiger partial charge >= 0.3 is 0 Å². The first-order valence-electron chi connectivity index (χ1n) is 7.60. The molecule has 0 spiro atoms. The van der Waals surface area contributed by atoms with Crippen molar-refractivity contribution in [1.29, 1.82) is 0 Å². The average molecular weight is 286 g/mol. The lowest BCUT2D eigenvalue weighted by molar-refractivity contribution is 0.132. The van der Waals surface area contributed by atoms with Gasteiger partial charge in [0, 0.05) is 25.1 Å². The highest BCUT2D eigenvalue weighted by Crippen LogP contribution is 2.30. The van der Waals surface area contributed by atoms with E-state index >= 15 is 0 Å². The van der Waals surface area contributed by atoms with Gasteiger partial charge in [-0.25, -0.2) is 15.0 Å². The maximum Gasteiger partial charge on any atom is 0.220 e. The quantitative estimate of drug-likeness (QED) is 0.930. The van der Waals surface area contributed by atoms with Gasteiger partial charge in [0.1, 0.15) is 5.82 Å². The highest BCUT2D eigenvalue weighted by molar-refractivity contribution is 5.20. The van der Waals surface area contributed by atoms with Crippen LogP contribution in [0.15, 0.2) is 24.7 Å². The van der Waals surface area contributed by atoms with Crippen molar-refractivity contribution in [1.82, 2.24) is 24.4 Å². The van der Waals surface area contributed by atoms with Gasteiger partial charge in [0.15, 0.2) is 0 Å². The molecule has 0 radical (unpaired) electrons. The fraction of sp³-hybridized carbons (Fsp3) is 0.533. The van der Waals surface area contributed by atoms with Gasteiger partial charge in [-0.2, -0.15) is 0 Å². The molecule has 0 aliphatic carbocycles. The molecule has 21 heavy (non-hydrogen) atoms. The first kappa shape index (κ1) is 14.0. The third-order valence-electron chi connectivity index (χ3n) is 4.14. The van der Waals surface area contributed by atoms with Crippen molar-refractivity contribution in [3.63, 3.8) is 0 Å². The van der Waals surface area contributed by atoms with Gasteiger partial charge in [0.2, 0.25) is 5.95 Å². The molecular formula is C15H22N6. The summed E-state index contributed by atoms with van der Waals surface area (Å²) in [6.45, 7) is 5.03. The molecule has 2 N–H and O–H groups in total. The Bertz CT molecular complexity index is 593. The van der Waals surface area contributed by atoms with Crippen LogP contribution in [-0.4, -0.2) is 31.0 Å². The molecule has 1 unspecified atom stereocenters. The molecular weight excluding hydrogens is 264 g/mol. The highest BCUT2D eigenvalue weighted by atomic mass is 15.2. The van der Waals surface area contributed by atoms with E-state index in [0.717, 1.165) is 37.6 Å². The number of likely N-dealkylation sites (tertiary alicyclic amines) is 1. The number of hydrogen-bond acceptors (Lipinski definition) is 5. The number of anilines is 1. The number of nitrogens with zero attached hydrogens (tertiary/aromatic N) is 5. The van der Waals surface area contributed by atoms with Crippen LogP contribution in [0.5, 0.6) is 0 Å². The standard InChI is InChI=1S/C15H22N6/c1-2-20-10-8-17-14(20)11-21-9-4-3-5-13(21)12-6-7-18-15(16)19-12/h6-8,10,13H,2-5,9,11H2,1H3,(H2,16,18,19). The fourth-order valence-electron chi connectivity index (χ4n) is 3.05. The maximum absolute atomic E-state index is 5.74. The number of nitrogens with two attached hydrogens (primary N) is 1. The predicted molar refractivity (Wildman–Crippen MR) is 81.3 cm³/mol. The Morgan fingerprint density at radius 2 is 2.19 bits per heavy atom. The Hall–Kier alpha value is -1.95. The van der Waals surface area contributed by atoms with Crippen LogP contribution in [0.1, 0.15) is 43.7 Å². The second kappa shape index (κ2) is 6.22. The van der Waals surface area contributed by atoms with Crippen molar-refractivity contribution in [2.75, 3.05) is 12.3 Å². The summed E-state index contributed by atoms with van der Waals surface area (Å²) in [5.74, 6) is 1.47. The maximum atomic E-state index is 5.74. The van der Waals surface area contributed by atoms with Crippen molar-refractivity contribution < 1.29 is 0 Å². The fourth-order valence-corrected chi connectivity index (χ4v) is 3.05. The second-order valence-corrected chi connectivity index (χ2v) is 5.45. The summed E-state index contributed by atoms with van der Waals surface area (Å²) >= 11 is 0. The van der Waals surface area contributed by atoms with Gasteiger partial charge in [0.25, 0.3) is 0 Å². The zero-order valence-electron chi connectivity index (χ0n) is 12.4. The molecule has 6 heteroatoms. The largest absolute Gasteiger partial charge is 0.368 e. The number of aromatic nitrogens is 4. The predicted octanol–water partition coefficient (Wildman–Crippen LogP) is 2.00. The molecule has 0 bridgehead atoms. The minimum Gasteiger partial charge on any atom is -0.368 e. The first-order chi connectivity index (χ1) is 10.3. The van der Waals surface area contributed by atoms with Gasteiger partial charge in [-0.15, -0.1) is 0 Å². The molecule has 6 nitrogen and oxygen atoms in total. The average Bonchev–Trinajstić information content (AvgIpc) is 2.95. The minimum absolute atomic E-state index is 0.311. The van der Waals surface area contributed by atoms with E-state index in [-0.39, 0.29) is 0 Å². The van der Waals surface area contributed by atoms with Gasteiger partial charge < -0.3 is 10.3 Å². The SMILES string of the molecule is CCn1ccnc1CN1CCCCC1c1ccnc(N)n1. The summed E-state index contributed by atoms with van der Waals surface area (Å²) in [5.41, 5.74) is 6.76. The molecule has 0 aromatic carbocycles. The summed E-state index contributed by atoms with van der Waals surface area (Å²) < 4.78 is 2.19. The van der Waals surface area contributed by atoms with Crippen LogP contribution in [0.4, 0.5) is 5.95 Å². The summed E-state index contributed by atoms with van der Waals surface area (Å²) in [5, 5.41) is 0. The van der Waals surface area contributed by atoms with E-state index in [1.165, 1.54) is 12.8 Å². The molecule has 1 aliphatic heterocycles. The smallest absolute Gasteiger partial charge is 0.220 e. The lowest BCUT2D eigenvalue weighted by Gasteiger charge is -2.35. The summed E-state index contributed by atoms with van der Waals surface area (Å²) in [7, 11) is 0. The van der Waals surface area contributed by atoms with Crippen LogP contribution in [0.3, 0.4) is 0 Å². The molecule has 112 valence electrons. The van der Waals surface area contributed by atoms with Crippen molar-refractivity contribution in [3.8, 4) is 0 Å². The van der Waals surface area contributed by atoms with E-state index in [1.54, 1.807) is 6.20 Å². The summed E-state index contributed by atoms with van der Waals surface area (Å²) in [4.78, 5) is 15.4. The summed E-state index contributed by atoms with van der Waals surface area (Å²) in [6, 6.07) is 2.29. The van der Waals surface area contributed by atoms with E-state index in [9.17, 15) is 0 Å². The first-order valence-corrected chi connectivity index (χ1v) is 7.60. The van der Waals surface area contributed by atoms with Crippen LogP contribution in [-0.2, 0) is 13.1 Å². The topological polar surface area (TPSA) is 72.9 Å². The molecule has 2 aromatic heterocycles. The molecule has 0 amide bonds. The van der Waals surface area contributed by atoms with Gasteiger partial charge in [0.05, 0.1) is 18.3 Å². The molecule has 3 rings (SSSR count). The Kier molecular flexibility index (Phi) is 4.15. The van der Waals surface area contributed by atoms with Crippen LogP contribution in [0, 0.1) is 0 Å². The normalized spacial score (nSPS) is 19.8. The minimum atomic E-state index is 0.311. The van der Waals surface area contributed by atoms with E-state index in [0.29, 0.717) is 12.0 Å². The zero-order chi connectivity index (χ0) is 14.7. The number of nitrogen functional groups attached to an aromatic ring is 1. The van der Waals surface area contributed by atoms with Crippen LogP contribution >= 0.6 is 0 Å². The van der Waals surface area contributed by atoms with Crippen molar-refractivity contribution in [2.24, 2.45) is 0 Å². The van der Waals surface area contributed by atoms with Crippen molar-refractivity contribution in [2.45, 2.75) is 45.3 Å². The van der Waals surface area contributed by atoms with Gasteiger partial charge in [-0.05, 0) is 32.4 Å². The molecule has 1 saturated heterocycles. The highest BCUT2D eigenvalue weighted by Gasteiger charge is 2.26. The lowest BCUT2D eigenvalue weighted by Crippen LogP contribution is -2.34. The van der Waals surface area contributed by atoms with Crippen LogP contribution in [0.2, 0.25) is 0 Å². The van der Waals surface area contributed by atoms with E-state index in [2.05, 4.69) is 31.3 Å². The monoisotopic (exact) mass is 286 g/mol. The third-order valence-corrected chi connectivity index (χ3v) is 4.14. The summed E-state index contributed by atoms with van der Waals surface area (Å²) in [6.07, 6.45) is 9.23. The van der Waals surface area contributed by atoms with E-state index in [4.69, 9.17) is 5.73 Å². The molecule has 0 saturated carbocycles. The molecule has 1 atom stereocenters. The number of rotatable bonds is 4. The second-order valence-electron chi connectivity index (χ2n) is 5.45. The number of aryl methyl sites for hydroxylation is 1. The number of piperidine rings is 1. The Balaban J connectivity index is 1.81. The van der Waals surface area contributed by atoms with E-state index < -0.39 is 0 Å². The van der Waals surface area contributed by atoms with Crippen LogP contribution in [0.25, 0.3) is 0 Å².